The molecule has 0 saturated heterocycles. The first-order valence-corrected chi connectivity index (χ1v) is 9.71. The van der Waals surface area contributed by atoms with Gasteiger partial charge in [0.25, 0.3) is 0 Å². The van der Waals surface area contributed by atoms with Crippen molar-refractivity contribution in [3.8, 4) is 11.1 Å². The molecule has 8 nitrogen and oxygen atoms in total. The summed E-state index contributed by atoms with van der Waals surface area (Å²) in [5.74, 6) is -1.49. The minimum atomic E-state index is -0.973. The lowest BCUT2D eigenvalue weighted by atomic mass is 10.0. The molecule has 0 fully saturated rings. The maximum absolute atomic E-state index is 14.5. The second-order valence-electron chi connectivity index (χ2n) is 7.10. The summed E-state index contributed by atoms with van der Waals surface area (Å²) in [6.07, 6.45) is 3.47. The average molecular weight is 416 g/mol. The van der Waals surface area contributed by atoms with E-state index in [1.807, 2.05) is 0 Å². The van der Waals surface area contributed by atoms with Gasteiger partial charge in [0, 0.05) is 56.5 Å². The van der Waals surface area contributed by atoms with Crippen molar-refractivity contribution in [3.63, 3.8) is 0 Å². The summed E-state index contributed by atoms with van der Waals surface area (Å²) < 4.78 is 30.5. The van der Waals surface area contributed by atoms with E-state index in [-0.39, 0.29) is 37.6 Å². The van der Waals surface area contributed by atoms with Crippen molar-refractivity contribution in [2.45, 2.75) is 13.0 Å². The molecule has 1 aliphatic heterocycles. The van der Waals surface area contributed by atoms with E-state index >= 15 is 0 Å². The van der Waals surface area contributed by atoms with Crippen molar-refractivity contribution in [1.29, 1.82) is 0 Å². The number of benzene rings is 1. The van der Waals surface area contributed by atoms with Crippen LogP contribution in [0.1, 0.15) is 12.0 Å². The Morgan fingerprint density at radius 2 is 2.03 bits per heavy atom. The molecule has 0 radical (unpaired) electrons. The number of aliphatic hydroxyl groups is 1. The van der Waals surface area contributed by atoms with Crippen molar-refractivity contribution in [2.24, 2.45) is 0 Å². The Kier molecular flexibility index (Phi) is 5.86. The van der Waals surface area contributed by atoms with E-state index in [2.05, 4.69) is 20.7 Å². The van der Waals surface area contributed by atoms with Crippen molar-refractivity contribution in [2.75, 3.05) is 38.1 Å². The van der Waals surface area contributed by atoms with E-state index in [1.165, 1.54) is 0 Å². The monoisotopic (exact) mass is 416 g/mol. The first-order chi connectivity index (χ1) is 14.5. The minimum Gasteiger partial charge on any atom is -0.395 e. The number of aromatic nitrogens is 3. The van der Waals surface area contributed by atoms with Crippen LogP contribution in [0.4, 0.5) is 14.6 Å². The molecule has 0 aliphatic carbocycles. The van der Waals surface area contributed by atoms with E-state index in [0.717, 1.165) is 6.07 Å². The molecule has 10 heteroatoms. The molecule has 158 valence electrons. The highest BCUT2D eigenvalue weighted by molar-refractivity contribution is 5.78. The first-order valence-electron chi connectivity index (χ1n) is 9.71. The maximum atomic E-state index is 14.5. The van der Waals surface area contributed by atoms with Gasteiger partial charge in [-0.1, -0.05) is 0 Å². The van der Waals surface area contributed by atoms with Gasteiger partial charge in [0.1, 0.15) is 5.82 Å². The molecule has 30 heavy (non-hydrogen) atoms. The van der Waals surface area contributed by atoms with Gasteiger partial charge in [0.2, 0.25) is 5.91 Å². The van der Waals surface area contributed by atoms with E-state index in [9.17, 15) is 18.7 Å². The highest BCUT2D eigenvalue weighted by Crippen LogP contribution is 2.28. The Balaban J connectivity index is 1.80. The molecule has 0 atom stereocenters. The van der Waals surface area contributed by atoms with Crippen LogP contribution in [0.15, 0.2) is 30.6 Å². The Bertz CT molecular complexity index is 1070. The summed E-state index contributed by atoms with van der Waals surface area (Å²) in [6, 6.07) is 4.44. The molecule has 4 bridgehead atoms. The fourth-order valence-electron chi connectivity index (χ4n) is 3.48. The SMILES string of the molecule is O=C1CCN(CCO)Cc2cc(cc(F)c2F)-c2cnn3ccc(nc23)NCCN1. The molecule has 0 saturated carbocycles. The van der Waals surface area contributed by atoms with Gasteiger partial charge < -0.3 is 15.7 Å². The zero-order valence-corrected chi connectivity index (χ0v) is 16.2. The summed E-state index contributed by atoms with van der Waals surface area (Å²) in [4.78, 5) is 18.3. The van der Waals surface area contributed by atoms with Crippen LogP contribution >= 0.6 is 0 Å². The van der Waals surface area contributed by atoms with Crippen molar-refractivity contribution in [3.05, 3.63) is 47.8 Å². The Hall–Kier alpha value is -3.11. The number of nitrogens with one attached hydrogen (secondary N) is 2. The topological polar surface area (TPSA) is 94.8 Å². The molecular weight excluding hydrogens is 394 g/mol. The zero-order chi connectivity index (χ0) is 21.1. The molecule has 1 amide bonds. The average Bonchev–Trinajstić information content (AvgIpc) is 3.15. The normalized spacial score (nSPS) is 15.9. The molecule has 1 aromatic carbocycles. The van der Waals surface area contributed by atoms with Gasteiger partial charge in [-0.2, -0.15) is 5.10 Å². The van der Waals surface area contributed by atoms with E-state index < -0.39 is 11.6 Å². The number of carbonyl (C=O) groups is 1. The summed E-state index contributed by atoms with van der Waals surface area (Å²) in [5.41, 5.74) is 1.67. The van der Waals surface area contributed by atoms with Crippen LogP contribution in [-0.2, 0) is 11.3 Å². The number of amides is 1. The third-order valence-corrected chi connectivity index (χ3v) is 5.00. The largest absolute Gasteiger partial charge is 0.395 e. The summed E-state index contributed by atoms with van der Waals surface area (Å²) >= 11 is 0. The molecule has 1 aliphatic rings. The van der Waals surface area contributed by atoms with Gasteiger partial charge in [-0.05, 0) is 23.8 Å². The number of halogens is 2. The lowest BCUT2D eigenvalue weighted by molar-refractivity contribution is -0.121. The van der Waals surface area contributed by atoms with Crippen molar-refractivity contribution >= 4 is 17.4 Å². The Morgan fingerprint density at radius 1 is 1.20 bits per heavy atom. The quantitative estimate of drug-likeness (QED) is 0.585. The smallest absolute Gasteiger partial charge is 0.221 e. The minimum absolute atomic E-state index is 0.0594. The summed E-state index contributed by atoms with van der Waals surface area (Å²) in [7, 11) is 0. The van der Waals surface area contributed by atoms with E-state index in [4.69, 9.17) is 0 Å². The number of anilines is 1. The highest BCUT2D eigenvalue weighted by atomic mass is 19.2. The number of carbonyl (C=O) groups excluding carboxylic acids is 1. The van der Waals surface area contributed by atoms with Crippen LogP contribution in [0.25, 0.3) is 16.8 Å². The fraction of sp³-hybridized carbons (Fsp3) is 0.350. The van der Waals surface area contributed by atoms with Crippen molar-refractivity contribution < 1.29 is 18.7 Å². The van der Waals surface area contributed by atoms with E-state index in [1.54, 1.807) is 33.9 Å². The van der Waals surface area contributed by atoms with E-state index in [0.29, 0.717) is 42.2 Å². The first kappa shape index (κ1) is 20.2. The number of β-amino-alcohol motifs (C(OH)–C–C–N with tert-alkyl or cyclic N) is 1. The van der Waals surface area contributed by atoms with Crippen LogP contribution in [0, 0.1) is 11.6 Å². The van der Waals surface area contributed by atoms with Crippen LogP contribution in [0.5, 0.6) is 0 Å². The molecule has 3 aromatic rings. The van der Waals surface area contributed by atoms with Gasteiger partial charge >= 0.3 is 0 Å². The number of aliphatic hydroxyl groups excluding tert-OH is 1. The number of fused-ring (bicyclic) bond motifs is 4. The molecule has 0 unspecified atom stereocenters. The van der Waals surface area contributed by atoms with Crippen LogP contribution in [-0.4, -0.2) is 63.3 Å². The molecular formula is C20H22F2N6O2. The summed E-state index contributed by atoms with van der Waals surface area (Å²) in [6.45, 7) is 1.34. The van der Waals surface area contributed by atoms with Gasteiger partial charge in [-0.3, -0.25) is 9.69 Å². The standard InChI is InChI=1S/C20H22F2N6O2/c21-16-10-13-9-14(19(16)22)12-27(7-8-29)5-2-18(30)24-4-3-23-17-1-6-28-20(26-17)15(13)11-25-28/h1,6,9-11,29H,2-5,7-8,12H2,(H,23,26)(H,24,30). The molecule has 2 aromatic heterocycles. The van der Waals surface area contributed by atoms with Gasteiger partial charge in [-0.25, -0.2) is 18.3 Å². The predicted octanol–water partition coefficient (Wildman–Crippen LogP) is 1.40. The number of nitrogens with zero attached hydrogens (tertiary/aromatic N) is 4. The lowest BCUT2D eigenvalue weighted by Gasteiger charge is -2.22. The fourth-order valence-corrected chi connectivity index (χ4v) is 3.48. The zero-order valence-electron chi connectivity index (χ0n) is 16.2. The maximum Gasteiger partial charge on any atom is 0.221 e. The van der Waals surface area contributed by atoms with Gasteiger partial charge in [-0.15, -0.1) is 0 Å². The van der Waals surface area contributed by atoms with Gasteiger partial charge in [0.05, 0.1) is 12.8 Å². The Labute approximate surface area is 171 Å². The predicted molar refractivity (Wildman–Crippen MR) is 107 cm³/mol. The van der Waals surface area contributed by atoms with Crippen LogP contribution < -0.4 is 10.6 Å². The number of rotatable bonds is 2. The third-order valence-electron chi connectivity index (χ3n) is 5.00. The molecule has 3 heterocycles. The number of hydrogen-bond acceptors (Lipinski definition) is 6. The molecule has 3 N–H and O–H groups in total. The van der Waals surface area contributed by atoms with Crippen molar-refractivity contribution in [1.82, 2.24) is 24.8 Å². The third kappa shape index (κ3) is 4.24. The van der Waals surface area contributed by atoms with Crippen LogP contribution in [0.3, 0.4) is 0 Å². The highest BCUT2D eigenvalue weighted by Gasteiger charge is 2.18. The second-order valence-corrected chi connectivity index (χ2v) is 7.10. The van der Waals surface area contributed by atoms with Gasteiger partial charge in [0.15, 0.2) is 17.3 Å². The lowest BCUT2D eigenvalue weighted by Crippen LogP contribution is -2.34. The summed E-state index contributed by atoms with van der Waals surface area (Å²) in [5, 5.41) is 19.5. The molecule has 4 rings (SSSR count). The molecule has 0 spiro atoms. The second kappa shape index (κ2) is 8.72. The Morgan fingerprint density at radius 3 is 2.87 bits per heavy atom. The van der Waals surface area contributed by atoms with Crippen LogP contribution in [0.2, 0.25) is 0 Å². The number of hydrogen-bond donors (Lipinski definition) is 3.